The number of fused-ring (bicyclic) bond motifs is 1. The molecule has 1 aromatic carbocycles. The predicted molar refractivity (Wildman–Crippen MR) is 85.9 cm³/mol. The summed E-state index contributed by atoms with van der Waals surface area (Å²) in [5.41, 5.74) is 0.0762. The Bertz CT molecular complexity index is 638. The molecule has 1 unspecified atom stereocenters. The van der Waals surface area contributed by atoms with Crippen LogP contribution in [0.1, 0.15) is 44.1 Å². The highest BCUT2D eigenvalue weighted by atomic mass is 16.4. The molecule has 1 atom stereocenters. The molecule has 2 aromatic rings. The van der Waals surface area contributed by atoms with Crippen molar-refractivity contribution in [3.8, 4) is 0 Å². The fraction of sp³-hybridized carbons (Fsp3) is 0.412. The summed E-state index contributed by atoms with van der Waals surface area (Å²) in [4.78, 5) is 15.5. The zero-order valence-electron chi connectivity index (χ0n) is 12.8. The maximum absolute atomic E-state index is 11.2. The van der Waals surface area contributed by atoms with Crippen LogP contribution < -0.4 is 5.32 Å². The van der Waals surface area contributed by atoms with Gasteiger partial charge in [-0.05, 0) is 37.1 Å². The Labute approximate surface area is 125 Å². The van der Waals surface area contributed by atoms with E-state index in [4.69, 9.17) is 0 Å². The summed E-state index contributed by atoms with van der Waals surface area (Å²) in [5.74, 6) is 0.310. The highest BCUT2D eigenvalue weighted by Crippen LogP contribution is 2.24. The quantitative estimate of drug-likeness (QED) is 0.836. The van der Waals surface area contributed by atoms with E-state index >= 15 is 0 Å². The lowest BCUT2D eigenvalue weighted by molar-refractivity contribution is 0.0691. The highest BCUT2D eigenvalue weighted by molar-refractivity contribution is 5.97. The SMILES string of the molecule is CC(C)CCC(C)Nc1nc(C(=O)O)cc2ccccc12. The molecule has 0 aliphatic carbocycles. The van der Waals surface area contributed by atoms with Crippen molar-refractivity contribution in [2.45, 2.75) is 39.7 Å². The summed E-state index contributed by atoms with van der Waals surface area (Å²) in [7, 11) is 0. The molecule has 0 amide bonds. The molecule has 1 heterocycles. The zero-order chi connectivity index (χ0) is 15.4. The second-order valence-electron chi connectivity index (χ2n) is 5.90. The van der Waals surface area contributed by atoms with Crippen LogP contribution in [-0.4, -0.2) is 22.1 Å². The molecule has 0 aliphatic rings. The maximum atomic E-state index is 11.2. The number of aromatic nitrogens is 1. The Morgan fingerprint density at radius 1 is 1.24 bits per heavy atom. The van der Waals surface area contributed by atoms with Gasteiger partial charge in [-0.3, -0.25) is 0 Å². The molecule has 0 bridgehead atoms. The van der Waals surface area contributed by atoms with Crippen LogP contribution in [0, 0.1) is 5.92 Å². The molecule has 2 rings (SSSR count). The second kappa shape index (κ2) is 6.57. The third-order valence-corrected chi connectivity index (χ3v) is 3.52. The number of hydrogen-bond acceptors (Lipinski definition) is 3. The smallest absolute Gasteiger partial charge is 0.354 e. The van der Waals surface area contributed by atoms with Gasteiger partial charge in [0.2, 0.25) is 0 Å². The highest BCUT2D eigenvalue weighted by Gasteiger charge is 2.12. The molecular formula is C17H22N2O2. The number of anilines is 1. The predicted octanol–water partition coefficient (Wildman–Crippen LogP) is 4.17. The molecule has 112 valence electrons. The van der Waals surface area contributed by atoms with Gasteiger partial charge in [0, 0.05) is 11.4 Å². The monoisotopic (exact) mass is 286 g/mol. The third-order valence-electron chi connectivity index (χ3n) is 3.52. The van der Waals surface area contributed by atoms with Gasteiger partial charge in [0.05, 0.1) is 0 Å². The molecule has 0 aliphatic heterocycles. The lowest BCUT2D eigenvalue weighted by Crippen LogP contribution is -2.18. The van der Waals surface area contributed by atoms with E-state index in [1.165, 1.54) is 0 Å². The number of carbonyl (C=O) groups is 1. The number of pyridine rings is 1. The number of rotatable bonds is 6. The summed E-state index contributed by atoms with van der Waals surface area (Å²) in [6, 6.07) is 9.59. The Kier molecular flexibility index (Phi) is 4.78. The average molecular weight is 286 g/mol. The standard InChI is InChI=1S/C17H22N2O2/c1-11(2)8-9-12(3)18-16-14-7-5-4-6-13(14)10-15(19-16)17(20)21/h4-7,10-12H,8-9H2,1-3H3,(H,18,19)(H,20,21). The van der Waals surface area contributed by atoms with Gasteiger partial charge in [-0.2, -0.15) is 0 Å². The van der Waals surface area contributed by atoms with Crippen molar-refractivity contribution in [2.24, 2.45) is 5.92 Å². The Balaban J connectivity index is 2.30. The van der Waals surface area contributed by atoms with E-state index in [0.717, 1.165) is 23.6 Å². The van der Waals surface area contributed by atoms with E-state index < -0.39 is 5.97 Å². The van der Waals surface area contributed by atoms with E-state index in [-0.39, 0.29) is 11.7 Å². The second-order valence-corrected chi connectivity index (χ2v) is 5.90. The maximum Gasteiger partial charge on any atom is 0.354 e. The molecular weight excluding hydrogens is 264 g/mol. The van der Waals surface area contributed by atoms with Crippen LogP contribution in [0.2, 0.25) is 0 Å². The first-order valence-corrected chi connectivity index (χ1v) is 7.37. The Morgan fingerprint density at radius 3 is 2.62 bits per heavy atom. The van der Waals surface area contributed by atoms with Gasteiger partial charge in [-0.1, -0.05) is 38.1 Å². The van der Waals surface area contributed by atoms with Gasteiger partial charge < -0.3 is 10.4 Å². The van der Waals surface area contributed by atoms with Gasteiger partial charge >= 0.3 is 5.97 Å². The van der Waals surface area contributed by atoms with Crippen molar-refractivity contribution in [2.75, 3.05) is 5.32 Å². The number of hydrogen-bond donors (Lipinski definition) is 2. The minimum absolute atomic E-state index is 0.0762. The summed E-state index contributed by atoms with van der Waals surface area (Å²) in [6.45, 7) is 6.50. The minimum Gasteiger partial charge on any atom is -0.477 e. The lowest BCUT2D eigenvalue weighted by Gasteiger charge is -2.17. The normalized spacial score (nSPS) is 12.6. The zero-order valence-corrected chi connectivity index (χ0v) is 12.8. The molecule has 0 fully saturated rings. The van der Waals surface area contributed by atoms with Crippen LogP contribution in [0.15, 0.2) is 30.3 Å². The molecule has 0 spiro atoms. The number of benzene rings is 1. The van der Waals surface area contributed by atoms with E-state index in [2.05, 4.69) is 31.1 Å². The molecule has 4 heteroatoms. The first kappa shape index (κ1) is 15.3. The van der Waals surface area contributed by atoms with Gasteiger partial charge in [-0.15, -0.1) is 0 Å². The molecule has 1 aromatic heterocycles. The van der Waals surface area contributed by atoms with Crippen LogP contribution in [0.25, 0.3) is 10.8 Å². The Morgan fingerprint density at radius 2 is 1.95 bits per heavy atom. The van der Waals surface area contributed by atoms with Crippen molar-refractivity contribution in [3.63, 3.8) is 0 Å². The van der Waals surface area contributed by atoms with Crippen LogP contribution in [0.3, 0.4) is 0 Å². The summed E-state index contributed by atoms with van der Waals surface area (Å²) >= 11 is 0. The Hall–Kier alpha value is -2.10. The first-order chi connectivity index (χ1) is 9.97. The lowest BCUT2D eigenvalue weighted by atomic mass is 10.0. The average Bonchev–Trinajstić information content (AvgIpc) is 2.45. The van der Waals surface area contributed by atoms with E-state index in [0.29, 0.717) is 11.7 Å². The van der Waals surface area contributed by atoms with Crippen molar-refractivity contribution in [1.29, 1.82) is 0 Å². The summed E-state index contributed by atoms with van der Waals surface area (Å²) < 4.78 is 0. The fourth-order valence-electron chi connectivity index (χ4n) is 2.31. The van der Waals surface area contributed by atoms with Crippen LogP contribution in [0.5, 0.6) is 0 Å². The number of carboxylic acid groups (broad SMARTS) is 1. The molecule has 4 nitrogen and oxygen atoms in total. The van der Waals surface area contributed by atoms with E-state index in [1.807, 2.05) is 24.3 Å². The third kappa shape index (κ3) is 3.94. The molecule has 0 saturated carbocycles. The fourth-order valence-corrected chi connectivity index (χ4v) is 2.31. The van der Waals surface area contributed by atoms with Crippen molar-refractivity contribution >= 4 is 22.6 Å². The van der Waals surface area contributed by atoms with Crippen LogP contribution in [0.4, 0.5) is 5.82 Å². The first-order valence-electron chi connectivity index (χ1n) is 7.37. The minimum atomic E-state index is -1.00. The summed E-state index contributed by atoms with van der Waals surface area (Å²) in [6.07, 6.45) is 2.16. The molecule has 0 saturated heterocycles. The van der Waals surface area contributed by atoms with Gasteiger partial charge in [0.15, 0.2) is 5.69 Å². The topological polar surface area (TPSA) is 62.2 Å². The molecule has 0 radical (unpaired) electrons. The van der Waals surface area contributed by atoms with Crippen LogP contribution >= 0.6 is 0 Å². The number of nitrogens with one attached hydrogen (secondary N) is 1. The van der Waals surface area contributed by atoms with Gasteiger partial charge in [0.1, 0.15) is 5.82 Å². The van der Waals surface area contributed by atoms with Crippen molar-refractivity contribution < 1.29 is 9.90 Å². The largest absolute Gasteiger partial charge is 0.477 e. The number of nitrogens with zero attached hydrogens (tertiary/aromatic N) is 1. The van der Waals surface area contributed by atoms with E-state index in [1.54, 1.807) is 6.07 Å². The van der Waals surface area contributed by atoms with Crippen molar-refractivity contribution in [3.05, 3.63) is 36.0 Å². The van der Waals surface area contributed by atoms with Gasteiger partial charge in [-0.25, -0.2) is 9.78 Å². The molecule has 2 N–H and O–H groups in total. The van der Waals surface area contributed by atoms with Crippen molar-refractivity contribution in [1.82, 2.24) is 4.98 Å². The summed E-state index contributed by atoms with van der Waals surface area (Å²) in [5, 5.41) is 14.4. The number of carboxylic acids is 1. The van der Waals surface area contributed by atoms with Crippen LogP contribution in [-0.2, 0) is 0 Å². The van der Waals surface area contributed by atoms with Gasteiger partial charge in [0.25, 0.3) is 0 Å². The molecule has 21 heavy (non-hydrogen) atoms. The van der Waals surface area contributed by atoms with E-state index in [9.17, 15) is 9.90 Å². The number of aromatic carboxylic acids is 1.